The maximum absolute atomic E-state index is 11.8. The SMILES string of the molecule is O=C(Nc1ccc2cnccc2c1)Oc1ccccc1. The van der Waals surface area contributed by atoms with E-state index in [1.54, 1.807) is 24.5 Å². The molecule has 98 valence electrons. The highest BCUT2D eigenvalue weighted by atomic mass is 16.6. The van der Waals surface area contributed by atoms with E-state index in [0.29, 0.717) is 11.4 Å². The number of benzene rings is 2. The van der Waals surface area contributed by atoms with Crippen LogP contribution in [0.5, 0.6) is 5.75 Å². The number of carbonyl (C=O) groups is 1. The van der Waals surface area contributed by atoms with Crippen molar-refractivity contribution in [2.75, 3.05) is 5.32 Å². The van der Waals surface area contributed by atoms with Crippen molar-refractivity contribution in [1.29, 1.82) is 0 Å². The lowest BCUT2D eigenvalue weighted by Gasteiger charge is -2.07. The minimum atomic E-state index is -0.510. The zero-order chi connectivity index (χ0) is 13.8. The van der Waals surface area contributed by atoms with Gasteiger partial charge >= 0.3 is 6.09 Å². The molecule has 0 unspecified atom stereocenters. The van der Waals surface area contributed by atoms with E-state index in [2.05, 4.69) is 10.3 Å². The van der Waals surface area contributed by atoms with Crippen LogP contribution in [0.1, 0.15) is 0 Å². The second-order valence-electron chi connectivity index (χ2n) is 4.27. The first-order valence-corrected chi connectivity index (χ1v) is 6.19. The average Bonchev–Trinajstić information content (AvgIpc) is 2.48. The molecule has 20 heavy (non-hydrogen) atoms. The zero-order valence-corrected chi connectivity index (χ0v) is 10.6. The molecule has 2 aromatic carbocycles. The van der Waals surface area contributed by atoms with Crippen molar-refractivity contribution in [2.45, 2.75) is 0 Å². The van der Waals surface area contributed by atoms with E-state index < -0.39 is 6.09 Å². The number of ether oxygens (including phenoxy) is 1. The molecule has 1 heterocycles. The van der Waals surface area contributed by atoms with Gasteiger partial charge in [-0.2, -0.15) is 0 Å². The maximum Gasteiger partial charge on any atom is 0.417 e. The molecule has 1 N–H and O–H groups in total. The molecule has 0 bridgehead atoms. The molecule has 0 saturated carbocycles. The van der Waals surface area contributed by atoms with Crippen LogP contribution in [0.3, 0.4) is 0 Å². The van der Waals surface area contributed by atoms with E-state index in [4.69, 9.17) is 4.74 Å². The highest BCUT2D eigenvalue weighted by Gasteiger charge is 2.05. The van der Waals surface area contributed by atoms with Crippen LogP contribution < -0.4 is 10.1 Å². The van der Waals surface area contributed by atoms with Crippen molar-refractivity contribution < 1.29 is 9.53 Å². The van der Waals surface area contributed by atoms with Gasteiger partial charge in [-0.05, 0) is 35.7 Å². The van der Waals surface area contributed by atoms with Crippen LogP contribution in [0, 0.1) is 0 Å². The number of para-hydroxylation sites is 1. The molecular weight excluding hydrogens is 252 g/mol. The number of carbonyl (C=O) groups excluding carboxylic acids is 1. The van der Waals surface area contributed by atoms with E-state index in [1.165, 1.54) is 0 Å². The molecule has 0 aliphatic heterocycles. The molecule has 0 aliphatic rings. The summed E-state index contributed by atoms with van der Waals surface area (Å²) in [6.07, 6.45) is 2.99. The van der Waals surface area contributed by atoms with E-state index >= 15 is 0 Å². The fourth-order valence-electron chi connectivity index (χ4n) is 1.90. The highest BCUT2D eigenvalue weighted by molar-refractivity contribution is 5.91. The van der Waals surface area contributed by atoms with Gasteiger partial charge in [-0.3, -0.25) is 10.3 Å². The van der Waals surface area contributed by atoms with Crippen LogP contribution in [0.25, 0.3) is 10.8 Å². The van der Waals surface area contributed by atoms with Crippen LogP contribution >= 0.6 is 0 Å². The first-order chi connectivity index (χ1) is 9.81. The third kappa shape index (κ3) is 2.75. The number of anilines is 1. The van der Waals surface area contributed by atoms with Crippen LogP contribution in [0.15, 0.2) is 67.0 Å². The Hall–Kier alpha value is -2.88. The van der Waals surface area contributed by atoms with Crippen molar-refractivity contribution in [3.8, 4) is 5.75 Å². The average molecular weight is 264 g/mol. The number of fused-ring (bicyclic) bond motifs is 1. The predicted molar refractivity (Wildman–Crippen MR) is 77.8 cm³/mol. The van der Waals surface area contributed by atoms with Crippen molar-refractivity contribution in [1.82, 2.24) is 4.98 Å². The molecule has 4 heteroatoms. The molecule has 0 radical (unpaired) electrons. The lowest BCUT2D eigenvalue weighted by atomic mass is 10.1. The Balaban J connectivity index is 1.74. The summed E-state index contributed by atoms with van der Waals surface area (Å²) in [5, 5.41) is 4.74. The summed E-state index contributed by atoms with van der Waals surface area (Å²) in [5.41, 5.74) is 0.685. The molecular formula is C16H12N2O2. The molecule has 0 fully saturated rings. The largest absolute Gasteiger partial charge is 0.417 e. The molecule has 3 rings (SSSR count). The van der Waals surface area contributed by atoms with Gasteiger partial charge in [-0.1, -0.05) is 24.3 Å². The Bertz CT molecular complexity index is 742. The first-order valence-electron chi connectivity index (χ1n) is 6.19. The van der Waals surface area contributed by atoms with Gasteiger partial charge in [0.05, 0.1) is 0 Å². The predicted octanol–water partition coefficient (Wildman–Crippen LogP) is 3.85. The van der Waals surface area contributed by atoms with Crippen molar-refractivity contribution in [3.63, 3.8) is 0 Å². The van der Waals surface area contributed by atoms with E-state index in [9.17, 15) is 4.79 Å². The second-order valence-corrected chi connectivity index (χ2v) is 4.27. The second kappa shape index (κ2) is 5.40. The van der Waals surface area contributed by atoms with Crippen LogP contribution in [-0.2, 0) is 0 Å². The number of nitrogens with zero attached hydrogens (tertiary/aromatic N) is 1. The lowest BCUT2D eigenvalue weighted by Crippen LogP contribution is -2.16. The molecule has 3 aromatic rings. The fraction of sp³-hybridized carbons (Fsp3) is 0. The van der Waals surface area contributed by atoms with Crippen molar-refractivity contribution in [3.05, 3.63) is 67.0 Å². The lowest BCUT2D eigenvalue weighted by molar-refractivity contribution is 0.215. The summed E-state index contributed by atoms with van der Waals surface area (Å²) in [7, 11) is 0. The fourth-order valence-corrected chi connectivity index (χ4v) is 1.90. The Kier molecular flexibility index (Phi) is 3.29. The van der Waals surface area contributed by atoms with E-state index in [0.717, 1.165) is 10.8 Å². The zero-order valence-electron chi connectivity index (χ0n) is 10.6. The molecule has 0 spiro atoms. The van der Waals surface area contributed by atoms with Gasteiger partial charge in [0.25, 0.3) is 0 Å². The van der Waals surface area contributed by atoms with E-state index in [-0.39, 0.29) is 0 Å². The van der Waals surface area contributed by atoms with E-state index in [1.807, 2.05) is 42.5 Å². The molecule has 0 aliphatic carbocycles. The number of pyridine rings is 1. The van der Waals surface area contributed by atoms with Crippen molar-refractivity contribution in [2.24, 2.45) is 0 Å². The summed E-state index contributed by atoms with van der Waals surface area (Å²) in [4.78, 5) is 15.8. The minimum absolute atomic E-state index is 0.509. The van der Waals surface area contributed by atoms with Crippen LogP contribution in [0.2, 0.25) is 0 Å². The number of nitrogens with one attached hydrogen (secondary N) is 1. The van der Waals surface area contributed by atoms with Gasteiger partial charge in [0.15, 0.2) is 0 Å². The summed E-state index contributed by atoms with van der Waals surface area (Å²) in [6.45, 7) is 0. The molecule has 1 aromatic heterocycles. The number of amides is 1. The Morgan fingerprint density at radius 2 is 1.85 bits per heavy atom. The summed E-state index contributed by atoms with van der Waals surface area (Å²) in [6, 6.07) is 16.4. The quantitative estimate of drug-likeness (QED) is 0.765. The smallest absolute Gasteiger partial charge is 0.410 e. The standard InChI is InChI=1S/C16H12N2O2/c19-16(20-15-4-2-1-3-5-15)18-14-7-6-13-11-17-9-8-12(13)10-14/h1-11H,(H,18,19). The minimum Gasteiger partial charge on any atom is -0.410 e. The topological polar surface area (TPSA) is 51.2 Å². The Morgan fingerprint density at radius 1 is 1.00 bits per heavy atom. The van der Waals surface area contributed by atoms with Gasteiger partial charge in [-0.25, -0.2) is 4.79 Å². The number of aromatic nitrogens is 1. The Morgan fingerprint density at radius 3 is 2.70 bits per heavy atom. The summed E-state index contributed by atoms with van der Waals surface area (Å²) >= 11 is 0. The van der Waals surface area contributed by atoms with Gasteiger partial charge in [0, 0.05) is 23.5 Å². The molecule has 0 saturated heterocycles. The summed E-state index contributed by atoms with van der Waals surface area (Å²) < 4.78 is 5.17. The number of hydrogen-bond donors (Lipinski definition) is 1. The molecule has 1 amide bonds. The van der Waals surface area contributed by atoms with Crippen LogP contribution in [-0.4, -0.2) is 11.1 Å². The third-order valence-electron chi connectivity index (χ3n) is 2.84. The Labute approximate surface area is 116 Å². The third-order valence-corrected chi connectivity index (χ3v) is 2.84. The first kappa shape index (κ1) is 12.2. The van der Waals surface area contributed by atoms with Gasteiger partial charge < -0.3 is 4.74 Å². The van der Waals surface area contributed by atoms with Gasteiger partial charge in [-0.15, -0.1) is 0 Å². The normalized spacial score (nSPS) is 10.2. The number of hydrogen-bond acceptors (Lipinski definition) is 3. The van der Waals surface area contributed by atoms with Gasteiger partial charge in [0.1, 0.15) is 5.75 Å². The number of rotatable bonds is 2. The molecule has 0 atom stereocenters. The highest BCUT2D eigenvalue weighted by Crippen LogP contribution is 2.18. The summed E-state index contributed by atoms with van der Waals surface area (Å²) in [5.74, 6) is 0.509. The maximum atomic E-state index is 11.8. The molecule has 4 nitrogen and oxygen atoms in total. The van der Waals surface area contributed by atoms with Crippen LogP contribution in [0.4, 0.5) is 10.5 Å². The van der Waals surface area contributed by atoms with Crippen molar-refractivity contribution >= 4 is 22.6 Å². The monoisotopic (exact) mass is 264 g/mol. The van der Waals surface area contributed by atoms with Gasteiger partial charge in [0.2, 0.25) is 0 Å².